The zero-order valence-electron chi connectivity index (χ0n) is 11.2. The Kier molecular flexibility index (Phi) is 2.98. The third-order valence-electron chi connectivity index (χ3n) is 3.35. The molecule has 2 heterocycles. The fourth-order valence-electron chi connectivity index (χ4n) is 2.26. The molecule has 0 aliphatic carbocycles. The van der Waals surface area contributed by atoms with E-state index in [1.165, 1.54) is 18.2 Å². The molecular formula is C14H9F3N2O3. The minimum absolute atomic E-state index is 0.171. The minimum atomic E-state index is -4.42. The van der Waals surface area contributed by atoms with Crippen molar-refractivity contribution in [1.29, 1.82) is 0 Å². The number of benzene rings is 1. The van der Waals surface area contributed by atoms with Gasteiger partial charge in [-0.05, 0) is 24.3 Å². The molecule has 0 saturated heterocycles. The number of hydrogen-bond acceptors (Lipinski definition) is 3. The second kappa shape index (κ2) is 4.62. The Hall–Kier alpha value is -2.77. The molecule has 0 unspecified atom stereocenters. The van der Waals surface area contributed by atoms with Crippen LogP contribution in [-0.2, 0) is 13.2 Å². The number of aromatic carboxylic acids is 1. The Morgan fingerprint density at radius 3 is 2.59 bits per heavy atom. The van der Waals surface area contributed by atoms with Crippen LogP contribution < -0.4 is 0 Å². The predicted octanol–water partition coefficient (Wildman–Crippen LogP) is 3.55. The van der Waals surface area contributed by atoms with Crippen LogP contribution in [0.1, 0.15) is 16.1 Å². The Labute approximate surface area is 121 Å². The van der Waals surface area contributed by atoms with Crippen LogP contribution in [0.5, 0.6) is 0 Å². The molecule has 1 aromatic carbocycles. The average Bonchev–Trinajstić information content (AvgIpc) is 3.02. The lowest BCUT2D eigenvalue weighted by molar-refractivity contribution is -0.137. The van der Waals surface area contributed by atoms with Crippen LogP contribution in [0.25, 0.3) is 22.4 Å². The summed E-state index contributed by atoms with van der Waals surface area (Å²) in [4.78, 5) is 10.8. The molecule has 8 heteroatoms. The molecular weight excluding hydrogens is 301 g/mol. The molecule has 0 fully saturated rings. The van der Waals surface area contributed by atoms with E-state index in [1.54, 1.807) is 11.6 Å². The van der Waals surface area contributed by atoms with E-state index in [2.05, 4.69) is 5.16 Å². The number of fused-ring (bicyclic) bond motifs is 1. The van der Waals surface area contributed by atoms with Crippen LogP contribution in [0.2, 0.25) is 0 Å². The SMILES string of the molecule is Cn1c(-c2cc(C(=O)O)no2)cc2cc(C(F)(F)F)ccc21. The Morgan fingerprint density at radius 1 is 1.27 bits per heavy atom. The summed E-state index contributed by atoms with van der Waals surface area (Å²) in [6.45, 7) is 0. The monoisotopic (exact) mass is 310 g/mol. The van der Waals surface area contributed by atoms with Gasteiger partial charge in [-0.2, -0.15) is 13.2 Å². The van der Waals surface area contributed by atoms with E-state index in [1.807, 2.05) is 0 Å². The molecule has 0 saturated carbocycles. The summed E-state index contributed by atoms with van der Waals surface area (Å²) in [5, 5.41) is 12.6. The first kappa shape index (κ1) is 14.2. The fraction of sp³-hybridized carbons (Fsp3) is 0.143. The quantitative estimate of drug-likeness (QED) is 0.786. The number of carbonyl (C=O) groups is 1. The summed E-state index contributed by atoms with van der Waals surface area (Å²) in [7, 11) is 1.65. The van der Waals surface area contributed by atoms with Gasteiger partial charge in [-0.15, -0.1) is 0 Å². The lowest BCUT2D eigenvalue weighted by Gasteiger charge is -2.06. The molecule has 0 aliphatic heterocycles. The van der Waals surface area contributed by atoms with Crippen LogP contribution in [0, 0.1) is 0 Å². The van der Waals surface area contributed by atoms with Crippen molar-refractivity contribution in [2.45, 2.75) is 6.18 Å². The highest BCUT2D eigenvalue weighted by atomic mass is 19.4. The van der Waals surface area contributed by atoms with Crippen molar-refractivity contribution in [3.05, 3.63) is 41.6 Å². The van der Waals surface area contributed by atoms with Crippen LogP contribution >= 0.6 is 0 Å². The van der Waals surface area contributed by atoms with Gasteiger partial charge in [0, 0.05) is 24.0 Å². The first-order chi connectivity index (χ1) is 10.3. The smallest absolute Gasteiger partial charge is 0.416 e. The highest BCUT2D eigenvalue weighted by molar-refractivity contribution is 5.89. The molecule has 2 aromatic heterocycles. The van der Waals surface area contributed by atoms with Crippen LogP contribution in [-0.4, -0.2) is 20.8 Å². The van der Waals surface area contributed by atoms with Gasteiger partial charge in [0.15, 0.2) is 11.5 Å². The number of halogens is 3. The Morgan fingerprint density at radius 2 is 2.00 bits per heavy atom. The van der Waals surface area contributed by atoms with Gasteiger partial charge in [0.25, 0.3) is 0 Å². The number of hydrogen-bond donors (Lipinski definition) is 1. The second-order valence-electron chi connectivity index (χ2n) is 4.74. The van der Waals surface area contributed by atoms with E-state index in [9.17, 15) is 18.0 Å². The van der Waals surface area contributed by atoms with Crippen molar-refractivity contribution < 1.29 is 27.6 Å². The summed E-state index contributed by atoms with van der Waals surface area (Å²) in [5.41, 5.74) is -0.0113. The molecule has 0 radical (unpaired) electrons. The summed E-state index contributed by atoms with van der Waals surface area (Å²) in [6.07, 6.45) is -4.42. The molecule has 22 heavy (non-hydrogen) atoms. The summed E-state index contributed by atoms with van der Waals surface area (Å²) in [6, 6.07) is 6.11. The van der Waals surface area contributed by atoms with Gasteiger partial charge < -0.3 is 14.2 Å². The number of aromatic nitrogens is 2. The Bertz CT molecular complexity index is 877. The molecule has 0 atom stereocenters. The molecule has 0 amide bonds. The largest absolute Gasteiger partial charge is 0.476 e. The van der Waals surface area contributed by atoms with Crippen LogP contribution in [0.3, 0.4) is 0 Å². The first-order valence-electron chi connectivity index (χ1n) is 6.14. The van der Waals surface area contributed by atoms with Gasteiger partial charge in [-0.3, -0.25) is 0 Å². The normalized spacial score (nSPS) is 12.0. The maximum atomic E-state index is 12.7. The highest BCUT2D eigenvalue weighted by Crippen LogP contribution is 2.34. The molecule has 0 aliphatic rings. The fourth-order valence-corrected chi connectivity index (χ4v) is 2.26. The van der Waals surface area contributed by atoms with Crippen molar-refractivity contribution in [3.8, 4) is 11.5 Å². The van der Waals surface area contributed by atoms with E-state index in [4.69, 9.17) is 9.63 Å². The molecule has 3 rings (SSSR count). The van der Waals surface area contributed by atoms with Crippen LogP contribution in [0.4, 0.5) is 13.2 Å². The molecule has 114 valence electrons. The minimum Gasteiger partial charge on any atom is -0.476 e. The van der Waals surface area contributed by atoms with E-state index < -0.39 is 17.7 Å². The van der Waals surface area contributed by atoms with Gasteiger partial charge in [0.05, 0.1) is 11.3 Å². The highest BCUT2D eigenvalue weighted by Gasteiger charge is 2.30. The molecule has 1 N–H and O–H groups in total. The van der Waals surface area contributed by atoms with E-state index in [-0.39, 0.29) is 11.5 Å². The zero-order chi connectivity index (χ0) is 16.1. The standard InChI is InChI=1S/C14H9F3N2O3/c1-19-10-3-2-8(14(15,16)17)4-7(10)5-11(19)12-6-9(13(20)21)18-22-12/h2-6H,1H3,(H,20,21). The number of nitrogens with zero attached hydrogens (tertiary/aromatic N) is 2. The van der Waals surface area contributed by atoms with Crippen molar-refractivity contribution in [3.63, 3.8) is 0 Å². The number of rotatable bonds is 2. The predicted molar refractivity (Wildman–Crippen MR) is 70.4 cm³/mol. The number of carboxylic acids is 1. The summed E-state index contributed by atoms with van der Waals surface area (Å²) >= 11 is 0. The zero-order valence-corrected chi connectivity index (χ0v) is 11.2. The third kappa shape index (κ3) is 2.22. The number of alkyl halides is 3. The van der Waals surface area contributed by atoms with Crippen molar-refractivity contribution >= 4 is 16.9 Å². The number of carboxylic acid groups (broad SMARTS) is 1. The first-order valence-corrected chi connectivity index (χ1v) is 6.14. The van der Waals surface area contributed by atoms with Crippen molar-refractivity contribution in [2.24, 2.45) is 7.05 Å². The van der Waals surface area contributed by atoms with Gasteiger partial charge in [-0.1, -0.05) is 5.16 Å². The Balaban J connectivity index is 2.14. The average molecular weight is 310 g/mol. The second-order valence-corrected chi connectivity index (χ2v) is 4.74. The van der Waals surface area contributed by atoms with E-state index in [0.717, 1.165) is 12.1 Å². The lowest BCUT2D eigenvalue weighted by atomic mass is 10.1. The lowest BCUT2D eigenvalue weighted by Crippen LogP contribution is -2.04. The van der Waals surface area contributed by atoms with Crippen molar-refractivity contribution in [2.75, 3.05) is 0 Å². The molecule has 3 aromatic rings. The van der Waals surface area contributed by atoms with Gasteiger partial charge in [-0.25, -0.2) is 4.79 Å². The van der Waals surface area contributed by atoms with Crippen LogP contribution in [0.15, 0.2) is 34.9 Å². The summed E-state index contributed by atoms with van der Waals surface area (Å²) in [5.74, 6) is -1.07. The number of aryl methyl sites for hydroxylation is 1. The maximum Gasteiger partial charge on any atom is 0.416 e. The van der Waals surface area contributed by atoms with Gasteiger partial charge >= 0.3 is 12.1 Å². The third-order valence-corrected chi connectivity index (χ3v) is 3.35. The topological polar surface area (TPSA) is 68.3 Å². The van der Waals surface area contributed by atoms with Crippen molar-refractivity contribution in [1.82, 2.24) is 9.72 Å². The van der Waals surface area contributed by atoms with Gasteiger partial charge in [0.2, 0.25) is 0 Å². The van der Waals surface area contributed by atoms with Gasteiger partial charge in [0.1, 0.15) is 0 Å². The summed E-state index contributed by atoms with van der Waals surface area (Å²) < 4.78 is 44.8. The van der Waals surface area contributed by atoms with E-state index in [0.29, 0.717) is 16.6 Å². The molecule has 0 spiro atoms. The maximum absolute atomic E-state index is 12.7. The molecule has 5 nitrogen and oxygen atoms in total. The molecule has 0 bridgehead atoms. The van der Waals surface area contributed by atoms with E-state index >= 15 is 0 Å².